The lowest BCUT2D eigenvalue weighted by Crippen LogP contribution is -2.53. The maximum absolute atomic E-state index is 12.6. The molecule has 3 heterocycles. The Labute approximate surface area is 137 Å². The van der Waals surface area contributed by atoms with Crippen molar-refractivity contribution in [3.8, 4) is 0 Å². The number of imidazole rings is 1. The summed E-state index contributed by atoms with van der Waals surface area (Å²) in [6.07, 6.45) is 8.26. The summed E-state index contributed by atoms with van der Waals surface area (Å²) in [4.78, 5) is 18.6. The molecule has 0 bridgehead atoms. The van der Waals surface area contributed by atoms with Crippen LogP contribution >= 0.6 is 0 Å². The molecular formula is C15H24N4O3S. The molecule has 2 atom stereocenters. The fraction of sp³-hybridized carbons (Fsp3) is 0.733. The van der Waals surface area contributed by atoms with Crippen molar-refractivity contribution in [2.24, 2.45) is 13.0 Å². The third-order valence-corrected chi connectivity index (χ3v) is 6.30. The number of rotatable bonds is 2. The second-order valence-electron chi connectivity index (χ2n) is 6.60. The van der Waals surface area contributed by atoms with Gasteiger partial charge in [0, 0.05) is 45.1 Å². The molecule has 1 aromatic rings. The summed E-state index contributed by atoms with van der Waals surface area (Å²) in [5, 5.41) is 0. The van der Waals surface area contributed by atoms with Gasteiger partial charge in [-0.1, -0.05) is 6.42 Å². The van der Waals surface area contributed by atoms with E-state index in [1.807, 2.05) is 11.9 Å². The Morgan fingerprint density at radius 3 is 2.70 bits per heavy atom. The molecule has 2 aliphatic heterocycles. The molecule has 0 N–H and O–H groups in total. The van der Waals surface area contributed by atoms with Crippen molar-refractivity contribution in [1.29, 1.82) is 0 Å². The number of piperidine rings is 1. The van der Waals surface area contributed by atoms with Gasteiger partial charge in [0.05, 0.1) is 6.26 Å². The molecule has 3 rings (SSSR count). The molecule has 2 saturated heterocycles. The van der Waals surface area contributed by atoms with E-state index in [0.29, 0.717) is 31.9 Å². The summed E-state index contributed by atoms with van der Waals surface area (Å²) in [5.41, 5.74) is 0. The van der Waals surface area contributed by atoms with Crippen molar-refractivity contribution in [2.45, 2.75) is 31.7 Å². The molecule has 23 heavy (non-hydrogen) atoms. The average molecular weight is 340 g/mol. The number of sulfonamides is 1. The number of carbonyl (C=O) groups excluding carboxylic acids is 1. The number of likely N-dealkylation sites (tertiary alicyclic amines) is 1. The van der Waals surface area contributed by atoms with Crippen LogP contribution in [0.25, 0.3) is 0 Å². The summed E-state index contributed by atoms with van der Waals surface area (Å²) in [7, 11) is -1.38. The Hall–Kier alpha value is -1.41. The van der Waals surface area contributed by atoms with Crippen molar-refractivity contribution in [3.63, 3.8) is 0 Å². The Morgan fingerprint density at radius 1 is 1.26 bits per heavy atom. The highest BCUT2D eigenvalue weighted by atomic mass is 32.2. The lowest BCUT2D eigenvalue weighted by molar-refractivity contribution is 0.0561. The highest BCUT2D eigenvalue weighted by molar-refractivity contribution is 7.88. The van der Waals surface area contributed by atoms with Gasteiger partial charge >= 0.3 is 0 Å². The second kappa shape index (κ2) is 6.24. The number of amides is 1. The first-order valence-electron chi connectivity index (χ1n) is 8.11. The van der Waals surface area contributed by atoms with Crippen LogP contribution in [0.3, 0.4) is 0 Å². The normalized spacial score (nSPS) is 26.6. The number of nitrogens with zero attached hydrogens (tertiary/aromatic N) is 4. The van der Waals surface area contributed by atoms with Crippen LogP contribution in [0, 0.1) is 5.92 Å². The first-order valence-corrected chi connectivity index (χ1v) is 9.96. The van der Waals surface area contributed by atoms with E-state index < -0.39 is 10.0 Å². The standard InChI is InChI=1S/C15H24N4O3S/c1-17-10-7-16-14(17)15(20)18-9-6-13-12(11-18)5-3-4-8-19(13)23(2,21)22/h7,10,12-13H,3-6,8-9,11H2,1-2H3/t12-,13+/m0/s1. The van der Waals surface area contributed by atoms with E-state index in [9.17, 15) is 13.2 Å². The smallest absolute Gasteiger partial charge is 0.289 e. The van der Waals surface area contributed by atoms with Crippen LogP contribution in [0.2, 0.25) is 0 Å². The first kappa shape index (κ1) is 16.4. The van der Waals surface area contributed by atoms with Gasteiger partial charge in [-0.2, -0.15) is 4.31 Å². The molecule has 7 nitrogen and oxygen atoms in total. The number of carbonyl (C=O) groups is 1. The maximum atomic E-state index is 12.6. The summed E-state index contributed by atoms with van der Waals surface area (Å²) < 4.78 is 27.5. The van der Waals surface area contributed by atoms with Gasteiger partial charge in [0.25, 0.3) is 5.91 Å². The van der Waals surface area contributed by atoms with Crippen LogP contribution < -0.4 is 0 Å². The van der Waals surface area contributed by atoms with Crippen LogP contribution in [0.1, 0.15) is 36.3 Å². The average Bonchev–Trinajstić information content (AvgIpc) is 2.80. The Bertz CT molecular complexity index is 685. The minimum absolute atomic E-state index is 0.0259. The van der Waals surface area contributed by atoms with Crippen molar-refractivity contribution >= 4 is 15.9 Å². The van der Waals surface area contributed by atoms with Crippen LogP contribution in [0.15, 0.2) is 12.4 Å². The van der Waals surface area contributed by atoms with Gasteiger partial charge in [-0.15, -0.1) is 0 Å². The zero-order valence-corrected chi connectivity index (χ0v) is 14.5. The number of hydrogen-bond acceptors (Lipinski definition) is 4. The molecule has 1 aromatic heterocycles. The molecule has 0 radical (unpaired) electrons. The minimum Gasteiger partial charge on any atom is -0.336 e. The van der Waals surface area contributed by atoms with Gasteiger partial charge in [0.15, 0.2) is 5.82 Å². The molecule has 0 spiro atoms. The van der Waals surface area contributed by atoms with Crippen molar-refractivity contribution in [2.75, 3.05) is 25.9 Å². The predicted molar refractivity (Wildman–Crippen MR) is 86.4 cm³/mol. The zero-order chi connectivity index (χ0) is 16.6. The molecule has 1 amide bonds. The summed E-state index contributed by atoms with van der Waals surface area (Å²) in [5.74, 6) is 0.591. The van der Waals surface area contributed by atoms with E-state index >= 15 is 0 Å². The topological polar surface area (TPSA) is 75.5 Å². The van der Waals surface area contributed by atoms with Crippen LogP contribution in [0.5, 0.6) is 0 Å². The van der Waals surface area contributed by atoms with E-state index in [4.69, 9.17) is 0 Å². The molecule has 128 valence electrons. The largest absolute Gasteiger partial charge is 0.336 e. The highest BCUT2D eigenvalue weighted by Crippen LogP contribution is 2.31. The van der Waals surface area contributed by atoms with Gasteiger partial charge in [0.1, 0.15) is 0 Å². The SMILES string of the molecule is Cn1ccnc1C(=O)N1CC[C@@H]2[C@@H](CCCCN2S(C)(=O)=O)C1. The van der Waals surface area contributed by atoms with E-state index in [-0.39, 0.29) is 17.9 Å². The van der Waals surface area contributed by atoms with E-state index in [0.717, 1.165) is 19.3 Å². The minimum atomic E-state index is -3.19. The van der Waals surface area contributed by atoms with Crippen molar-refractivity contribution in [1.82, 2.24) is 18.8 Å². The van der Waals surface area contributed by atoms with E-state index in [1.54, 1.807) is 21.3 Å². The Kier molecular flexibility index (Phi) is 4.46. The Morgan fingerprint density at radius 2 is 2.04 bits per heavy atom. The van der Waals surface area contributed by atoms with Gasteiger partial charge < -0.3 is 9.47 Å². The number of aryl methyl sites for hydroxylation is 1. The van der Waals surface area contributed by atoms with E-state index in [1.165, 1.54) is 6.26 Å². The molecule has 8 heteroatoms. The monoisotopic (exact) mass is 340 g/mol. The second-order valence-corrected chi connectivity index (χ2v) is 8.53. The highest BCUT2D eigenvalue weighted by Gasteiger charge is 2.39. The summed E-state index contributed by atoms with van der Waals surface area (Å²) >= 11 is 0. The van der Waals surface area contributed by atoms with Gasteiger partial charge in [-0.25, -0.2) is 13.4 Å². The lowest BCUT2D eigenvalue weighted by Gasteiger charge is -2.41. The molecule has 0 unspecified atom stereocenters. The number of fused-ring (bicyclic) bond motifs is 1. The number of aromatic nitrogens is 2. The van der Waals surface area contributed by atoms with Crippen LogP contribution in [-0.2, 0) is 17.1 Å². The summed E-state index contributed by atoms with van der Waals surface area (Å²) in [6.45, 7) is 1.80. The molecule has 2 aliphatic rings. The predicted octanol–water partition coefficient (Wildman–Crippen LogP) is 0.696. The molecular weight excluding hydrogens is 316 g/mol. The molecule has 0 aliphatic carbocycles. The van der Waals surface area contributed by atoms with Crippen LogP contribution in [0.4, 0.5) is 0 Å². The van der Waals surface area contributed by atoms with Gasteiger partial charge in [-0.05, 0) is 25.2 Å². The molecule has 0 aromatic carbocycles. The zero-order valence-electron chi connectivity index (χ0n) is 13.7. The van der Waals surface area contributed by atoms with Crippen molar-refractivity contribution < 1.29 is 13.2 Å². The summed E-state index contributed by atoms with van der Waals surface area (Å²) in [6, 6.07) is 0.0259. The van der Waals surface area contributed by atoms with Crippen molar-refractivity contribution in [3.05, 3.63) is 18.2 Å². The van der Waals surface area contributed by atoms with Gasteiger partial charge in [0.2, 0.25) is 10.0 Å². The third-order valence-electron chi connectivity index (χ3n) is 4.99. The fourth-order valence-corrected chi connectivity index (χ4v) is 5.06. The third kappa shape index (κ3) is 3.28. The van der Waals surface area contributed by atoms with E-state index in [2.05, 4.69) is 4.98 Å². The quantitative estimate of drug-likeness (QED) is 0.794. The molecule has 0 saturated carbocycles. The lowest BCUT2D eigenvalue weighted by atomic mass is 9.89. The maximum Gasteiger partial charge on any atom is 0.289 e. The van der Waals surface area contributed by atoms with Gasteiger partial charge in [-0.3, -0.25) is 4.79 Å². The fourth-order valence-electron chi connectivity index (χ4n) is 3.83. The first-order chi connectivity index (χ1) is 10.9. The Balaban J connectivity index is 1.77. The number of hydrogen-bond donors (Lipinski definition) is 0. The molecule has 2 fully saturated rings. The van der Waals surface area contributed by atoms with Crippen LogP contribution in [-0.4, -0.2) is 65.0 Å².